The Morgan fingerprint density at radius 2 is 1.69 bits per heavy atom. The molecular formula is C13H24N2O. The average Bonchev–Trinajstić information content (AvgIpc) is 2.15. The predicted molar refractivity (Wildman–Crippen MR) is 65.2 cm³/mol. The van der Waals surface area contributed by atoms with Gasteiger partial charge in [0.15, 0.2) is 0 Å². The van der Waals surface area contributed by atoms with Gasteiger partial charge in [-0.2, -0.15) is 0 Å². The zero-order chi connectivity index (χ0) is 11.7. The molecule has 2 aliphatic heterocycles. The Hall–Kier alpha value is -0.570. The molecule has 0 aromatic heterocycles. The molecule has 2 heterocycles. The van der Waals surface area contributed by atoms with Crippen LogP contribution in [0.4, 0.5) is 0 Å². The fraction of sp³-hybridized carbons (Fsp3) is 0.923. The predicted octanol–water partition coefficient (Wildman–Crippen LogP) is 1.59. The molecule has 2 rings (SSSR count). The molecule has 0 bridgehead atoms. The molecule has 0 spiro atoms. The van der Waals surface area contributed by atoms with Gasteiger partial charge in [-0.1, -0.05) is 0 Å². The Morgan fingerprint density at radius 1 is 1.12 bits per heavy atom. The fourth-order valence-corrected chi connectivity index (χ4v) is 2.95. The van der Waals surface area contributed by atoms with Crippen molar-refractivity contribution in [2.45, 2.75) is 39.7 Å². The minimum Gasteiger partial charge on any atom is -0.343 e. The standard InChI is InChI=1S/C13H24N2O/c1-10(2)15-8-13(9-15)12-4-6-14(7-5-12)11(3)16/h10,12-13H,4-9H2,1-3H3. The van der Waals surface area contributed by atoms with Crippen LogP contribution in [0.5, 0.6) is 0 Å². The summed E-state index contributed by atoms with van der Waals surface area (Å²) in [5.41, 5.74) is 0. The highest BCUT2D eigenvalue weighted by Crippen LogP contribution is 2.32. The van der Waals surface area contributed by atoms with Crippen molar-refractivity contribution < 1.29 is 4.79 Å². The summed E-state index contributed by atoms with van der Waals surface area (Å²) in [6.07, 6.45) is 2.44. The number of carbonyl (C=O) groups is 1. The molecule has 0 radical (unpaired) electrons. The second-order valence-corrected chi connectivity index (χ2v) is 5.65. The Bertz CT molecular complexity index is 251. The molecule has 16 heavy (non-hydrogen) atoms. The fourth-order valence-electron chi connectivity index (χ4n) is 2.95. The van der Waals surface area contributed by atoms with E-state index in [0.717, 1.165) is 24.9 Å². The van der Waals surface area contributed by atoms with E-state index in [9.17, 15) is 4.79 Å². The number of piperidine rings is 1. The molecule has 3 heteroatoms. The van der Waals surface area contributed by atoms with Gasteiger partial charge in [-0.05, 0) is 38.5 Å². The van der Waals surface area contributed by atoms with Crippen LogP contribution >= 0.6 is 0 Å². The van der Waals surface area contributed by atoms with Gasteiger partial charge >= 0.3 is 0 Å². The highest BCUT2D eigenvalue weighted by atomic mass is 16.2. The van der Waals surface area contributed by atoms with Gasteiger partial charge in [0.1, 0.15) is 0 Å². The van der Waals surface area contributed by atoms with Crippen LogP contribution in [0, 0.1) is 11.8 Å². The number of rotatable bonds is 2. The SMILES string of the molecule is CC(=O)N1CCC(C2CN(C(C)C)C2)CC1. The van der Waals surface area contributed by atoms with Crippen molar-refractivity contribution in [3.8, 4) is 0 Å². The van der Waals surface area contributed by atoms with Crippen molar-refractivity contribution in [1.29, 1.82) is 0 Å². The number of likely N-dealkylation sites (tertiary alicyclic amines) is 2. The molecule has 0 aromatic rings. The first-order valence-corrected chi connectivity index (χ1v) is 6.57. The molecule has 0 atom stereocenters. The van der Waals surface area contributed by atoms with Crippen molar-refractivity contribution in [3.63, 3.8) is 0 Å². The molecule has 1 amide bonds. The first kappa shape index (κ1) is 11.9. The summed E-state index contributed by atoms with van der Waals surface area (Å²) in [6, 6.07) is 0.702. The van der Waals surface area contributed by atoms with Crippen LogP contribution in [0.25, 0.3) is 0 Å². The van der Waals surface area contributed by atoms with Crippen molar-refractivity contribution in [2.24, 2.45) is 11.8 Å². The van der Waals surface area contributed by atoms with Gasteiger partial charge in [-0.25, -0.2) is 0 Å². The highest BCUT2D eigenvalue weighted by molar-refractivity contribution is 5.73. The van der Waals surface area contributed by atoms with E-state index in [-0.39, 0.29) is 5.91 Å². The van der Waals surface area contributed by atoms with E-state index in [4.69, 9.17) is 0 Å². The molecule has 2 saturated heterocycles. The summed E-state index contributed by atoms with van der Waals surface area (Å²) in [5.74, 6) is 2.01. The number of hydrogen-bond donors (Lipinski definition) is 0. The van der Waals surface area contributed by atoms with Crippen LogP contribution < -0.4 is 0 Å². The van der Waals surface area contributed by atoms with Gasteiger partial charge in [0.05, 0.1) is 0 Å². The van der Waals surface area contributed by atoms with Crippen LogP contribution in [-0.2, 0) is 4.79 Å². The lowest BCUT2D eigenvalue weighted by molar-refractivity contribution is -0.130. The summed E-state index contributed by atoms with van der Waals surface area (Å²) in [6.45, 7) is 10.8. The van der Waals surface area contributed by atoms with Crippen molar-refractivity contribution in [3.05, 3.63) is 0 Å². The second-order valence-electron chi connectivity index (χ2n) is 5.65. The average molecular weight is 224 g/mol. The third-order valence-electron chi connectivity index (χ3n) is 4.32. The normalized spacial score (nSPS) is 24.9. The first-order chi connectivity index (χ1) is 7.58. The lowest BCUT2D eigenvalue weighted by Crippen LogP contribution is -2.54. The van der Waals surface area contributed by atoms with Crippen molar-refractivity contribution in [1.82, 2.24) is 9.80 Å². The maximum atomic E-state index is 11.2. The van der Waals surface area contributed by atoms with Gasteiger partial charge in [0, 0.05) is 39.1 Å². The summed E-state index contributed by atoms with van der Waals surface area (Å²) < 4.78 is 0. The smallest absolute Gasteiger partial charge is 0.219 e. The van der Waals surface area contributed by atoms with Crippen LogP contribution in [0.1, 0.15) is 33.6 Å². The minimum atomic E-state index is 0.246. The van der Waals surface area contributed by atoms with Gasteiger partial charge in [0.2, 0.25) is 5.91 Å². The minimum absolute atomic E-state index is 0.246. The monoisotopic (exact) mass is 224 g/mol. The van der Waals surface area contributed by atoms with E-state index in [1.54, 1.807) is 6.92 Å². The summed E-state index contributed by atoms with van der Waals surface area (Å²) in [7, 11) is 0. The lowest BCUT2D eigenvalue weighted by Gasteiger charge is -2.47. The van der Waals surface area contributed by atoms with Gasteiger partial charge in [-0.3, -0.25) is 4.79 Å². The largest absolute Gasteiger partial charge is 0.343 e. The molecule has 0 saturated carbocycles. The maximum Gasteiger partial charge on any atom is 0.219 e. The van der Waals surface area contributed by atoms with Gasteiger partial charge < -0.3 is 9.80 Å². The van der Waals surface area contributed by atoms with Crippen molar-refractivity contribution in [2.75, 3.05) is 26.2 Å². The third kappa shape index (κ3) is 2.40. The van der Waals surface area contributed by atoms with Crippen LogP contribution in [0.15, 0.2) is 0 Å². The maximum absolute atomic E-state index is 11.2. The van der Waals surface area contributed by atoms with E-state index in [1.807, 2.05) is 4.90 Å². The topological polar surface area (TPSA) is 23.6 Å². The van der Waals surface area contributed by atoms with Crippen LogP contribution in [0.2, 0.25) is 0 Å². The number of hydrogen-bond acceptors (Lipinski definition) is 2. The molecular weight excluding hydrogens is 200 g/mol. The van der Waals surface area contributed by atoms with Crippen LogP contribution in [0.3, 0.4) is 0 Å². The van der Waals surface area contributed by atoms with Gasteiger partial charge in [0.25, 0.3) is 0 Å². The molecule has 92 valence electrons. The Balaban J connectivity index is 1.73. The molecule has 2 aliphatic rings. The quantitative estimate of drug-likeness (QED) is 0.711. The molecule has 0 unspecified atom stereocenters. The molecule has 3 nitrogen and oxygen atoms in total. The zero-order valence-electron chi connectivity index (χ0n) is 10.8. The Labute approximate surface area is 98.8 Å². The number of amides is 1. The van der Waals surface area contributed by atoms with Crippen LogP contribution in [-0.4, -0.2) is 47.9 Å². The number of carbonyl (C=O) groups excluding carboxylic acids is 1. The lowest BCUT2D eigenvalue weighted by atomic mass is 9.79. The molecule has 0 N–H and O–H groups in total. The Kier molecular flexibility index (Phi) is 3.53. The van der Waals surface area contributed by atoms with E-state index >= 15 is 0 Å². The van der Waals surface area contributed by atoms with Gasteiger partial charge in [-0.15, -0.1) is 0 Å². The highest BCUT2D eigenvalue weighted by Gasteiger charge is 2.36. The molecule has 0 aromatic carbocycles. The zero-order valence-corrected chi connectivity index (χ0v) is 10.8. The van der Waals surface area contributed by atoms with Crippen molar-refractivity contribution >= 4 is 5.91 Å². The number of nitrogens with zero attached hydrogens (tertiary/aromatic N) is 2. The van der Waals surface area contributed by atoms with E-state index < -0.39 is 0 Å². The Morgan fingerprint density at radius 3 is 2.12 bits per heavy atom. The van der Waals surface area contributed by atoms with E-state index in [2.05, 4.69) is 18.7 Å². The summed E-state index contributed by atoms with van der Waals surface area (Å²) in [5, 5.41) is 0. The summed E-state index contributed by atoms with van der Waals surface area (Å²) in [4.78, 5) is 15.8. The third-order valence-corrected chi connectivity index (χ3v) is 4.32. The summed E-state index contributed by atoms with van der Waals surface area (Å²) >= 11 is 0. The molecule has 2 fully saturated rings. The molecule has 0 aliphatic carbocycles. The van der Waals surface area contributed by atoms with E-state index in [1.165, 1.54) is 25.9 Å². The first-order valence-electron chi connectivity index (χ1n) is 6.57. The second kappa shape index (κ2) is 4.74. The van der Waals surface area contributed by atoms with E-state index in [0.29, 0.717) is 6.04 Å².